The average Bonchev–Trinajstić information content (AvgIpc) is 3.25. The van der Waals surface area contributed by atoms with E-state index >= 15 is 0 Å². The van der Waals surface area contributed by atoms with Gasteiger partial charge in [-0.05, 0) is 83.6 Å². The summed E-state index contributed by atoms with van der Waals surface area (Å²) in [6.45, 7) is 7.63. The number of primary amides is 2. The maximum atomic E-state index is 14.4. The number of amides is 3. The van der Waals surface area contributed by atoms with E-state index in [-0.39, 0.29) is 47.2 Å². The summed E-state index contributed by atoms with van der Waals surface area (Å²) in [7, 11) is 0. The Labute approximate surface area is 371 Å². The van der Waals surface area contributed by atoms with E-state index in [0.717, 1.165) is 11.1 Å². The van der Waals surface area contributed by atoms with Gasteiger partial charge in [-0.2, -0.15) is 0 Å². The number of hydrogen-bond donors (Lipinski definition) is 7. The number of rotatable bonds is 13. The van der Waals surface area contributed by atoms with E-state index in [2.05, 4.69) is 41.6 Å². The highest BCUT2D eigenvalue weighted by molar-refractivity contribution is 6.31. The van der Waals surface area contributed by atoms with Gasteiger partial charge in [0.15, 0.2) is 0 Å². The SMILES string of the molecule is CC(C)c1cnc(-c2cc(Cl)ccc2F)cc1Nc1ccncc1C(=O)NCC(N)=O.CC(C)c1cnc(-c2cc(Cl)ccc2F)cc1Nc1ccncc1C(=O)O.NCC(N)=O. The molecule has 2 aromatic carbocycles. The minimum atomic E-state index is -1.09. The minimum Gasteiger partial charge on any atom is -0.478 e. The molecule has 0 saturated heterocycles. The smallest absolute Gasteiger partial charge is 0.339 e. The average molecular weight is 902 g/mol. The zero-order chi connectivity index (χ0) is 46.4. The molecule has 0 fully saturated rings. The molecule has 0 atom stereocenters. The molecule has 6 aromatic rings. The van der Waals surface area contributed by atoms with E-state index < -0.39 is 35.3 Å². The number of carboxylic acid groups (broad SMARTS) is 1. The lowest BCUT2D eigenvalue weighted by atomic mass is 10.0. The van der Waals surface area contributed by atoms with E-state index in [1.165, 1.54) is 61.2 Å². The number of aromatic nitrogens is 4. The summed E-state index contributed by atoms with van der Waals surface area (Å²) in [6, 6.07) is 15.1. The number of carbonyl (C=O) groups is 4. The number of anilines is 4. The summed E-state index contributed by atoms with van der Waals surface area (Å²) in [5.41, 5.74) is 19.8. The number of benzene rings is 2. The first kappa shape index (κ1) is 48.6. The molecule has 6 rings (SSSR count). The highest BCUT2D eigenvalue weighted by Crippen LogP contribution is 2.35. The van der Waals surface area contributed by atoms with Crippen molar-refractivity contribution in [1.29, 1.82) is 0 Å². The number of nitrogens with zero attached hydrogens (tertiary/aromatic N) is 4. The molecular weight excluding hydrogens is 857 g/mol. The summed E-state index contributed by atoms with van der Waals surface area (Å²) < 4.78 is 28.6. The monoisotopic (exact) mass is 900 g/mol. The van der Waals surface area contributed by atoms with Crippen molar-refractivity contribution < 1.29 is 33.1 Å². The molecule has 10 N–H and O–H groups in total. The van der Waals surface area contributed by atoms with Crippen LogP contribution in [-0.2, 0) is 9.59 Å². The lowest BCUT2D eigenvalue weighted by molar-refractivity contribution is -0.117. The van der Waals surface area contributed by atoms with Crippen LogP contribution in [0, 0.1) is 11.6 Å². The Hall–Kier alpha value is -7.08. The first-order valence-electron chi connectivity index (χ1n) is 19.0. The van der Waals surface area contributed by atoms with Gasteiger partial charge in [0.2, 0.25) is 11.8 Å². The molecule has 0 saturated carbocycles. The summed E-state index contributed by atoms with van der Waals surface area (Å²) in [6.07, 6.45) is 9.01. The molecule has 0 aliphatic heterocycles. The molecule has 4 heterocycles. The van der Waals surface area contributed by atoms with Crippen LogP contribution >= 0.6 is 23.2 Å². The number of halogens is 4. The molecule has 4 aromatic heterocycles. The van der Waals surface area contributed by atoms with Crippen molar-refractivity contribution in [3.8, 4) is 22.5 Å². The van der Waals surface area contributed by atoms with Crippen LogP contribution in [0.1, 0.15) is 71.4 Å². The highest BCUT2D eigenvalue weighted by Gasteiger charge is 2.19. The van der Waals surface area contributed by atoms with Crippen LogP contribution in [0.15, 0.2) is 97.8 Å². The lowest BCUT2D eigenvalue weighted by Gasteiger charge is -2.18. The molecule has 0 aliphatic rings. The zero-order valence-corrected chi connectivity index (χ0v) is 35.9. The van der Waals surface area contributed by atoms with Crippen molar-refractivity contribution in [2.45, 2.75) is 39.5 Å². The van der Waals surface area contributed by atoms with Gasteiger partial charge in [-0.1, -0.05) is 50.9 Å². The van der Waals surface area contributed by atoms with Crippen LogP contribution < -0.4 is 33.2 Å². The van der Waals surface area contributed by atoms with Crippen LogP contribution in [0.25, 0.3) is 22.5 Å². The molecular formula is C44H44Cl2F2N10O5. The molecule has 0 unspecified atom stereocenters. The topological polar surface area (TPSA) is 254 Å². The summed E-state index contributed by atoms with van der Waals surface area (Å²) >= 11 is 12.0. The third-order valence-electron chi connectivity index (χ3n) is 8.80. The number of hydrogen-bond acceptors (Lipinski definition) is 11. The third kappa shape index (κ3) is 13.7. The van der Waals surface area contributed by atoms with Crippen LogP contribution in [0.5, 0.6) is 0 Å². The first-order valence-corrected chi connectivity index (χ1v) is 19.8. The minimum absolute atomic E-state index is 0.0412. The molecule has 0 spiro atoms. The van der Waals surface area contributed by atoms with Gasteiger partial charge in [0, 0.05) is 69.7 Å². The molecule has 0 aliphatic carbocycles. The fourth-order valence-corrected chi connectivity index (χ4v) is 6.01. The van der Waals surface area contributed by atoms with Gasteiger partial charge in [0.25, 0.3) is 5.91 Å². The molecule has 15 nitrogen and oxygen atoms in total. The second kappa shape index (κ2) is 22.7. The summed E-state index contributed by atoms with van der Waals surface area (Å²) in [4.78, 5) is 61.0. The van der Waals surface area contributed by atoms with Crippen molar-refractivity contribution in [3.05, 3.63) is 142 Å². The zero-order valence-electron chi connectivity index (χ0n) is 34.4. The second-order valence-electron chi connectivity index (χ2n) is 14.1. The van der Waals surface area contributed by atoms with Crippen LogP contribution in [-0.4, -0.2) is 61.8 Å². The van der Waals surface area contributed by atoms with Gasteiger partial charge < -0.3 is 38.3 Å². The predicted octanol–water partition coefficient (Wildman–Crippen LogP) is 7.95. The number of carboxylic acids is 1. The maximum absolute atomic E-state index is 14.4. The molecule has 0 radical (unpaired) electrons. The van der Waals surface area contributed by atoms with Gasteiger partial charge in [-0.15, -0.1) is 0 Å². The number of pyridine rings is 4. The van der Waals surface area contributed by atoms with E-state index in [9.17, 15) is 33.1 Å². The second-order valence-corrected chi connectivity index (χ2v) is 15.0. The fraction of sp³-hybridized carbons (Fsp3) is 0.182. The van der Waals surface area contributed by atoms with Crippen molar-refractivity contribution in [1.82, 2.24) is 25.3 Å². The molecule has 19 heteroatoms. The third-order valence-corrected chi connectivity index (χ3v) is 9.27. The number of carbonyl (C=O) groups excluding carboxylic acids is 3. The quantitative estimate of drug-likeness (QED) is 0.0583. The molecule has 328 valence electrons. The molecule has 3 amide bonds. The normalized spacial score (nSPS) is 10.5. The highest BCUT2D eigenvalue weighted by atomic mass is 35.5. The summed E-state index contributed by atoms with van der Waals surface area (Å²) in [5, 5.41) is 19.0. The Morgan fingerprint density at radius 3 is 1.48 bits per heavy atom. The van der Waals surface area contributed by atoms with E-state index in [1.807, 2.05) is 27.7 Å². The number of aromatic carboxylic acids is 1. The van der Waals surface area contributed by atoms with Gasteiger partial charge in [-0.25, -0.2) is 13.6 Å². The molecule has 63 heavy (non-hydrogen) atoms. The van der Waals surface area contributed by atoms with Crippen LogP contribution in [0.4, 0.5) is 31.5 Å². The van der Waals surface area contributed by atoms with E-state index in [0.29, 0.717) is 44.2 Å². The fourth-order valence-electron chi connectivity index (χ4n) is 5.66. The Bertz CT molecular complexity index is 2620. The Balaban J connectivity index is 0.000000252. The maximum Gasteiger partial charge on any atom is 0.339 e. The Kier molecular flexibility index (Phi) is 17.5. The van der Waals surface area contributed by atoms with Crippen LogP contribution in [0.3, 0.4) is 0 Å². The van der Waals surface area contributed by atoms with Crippen molar-refractivity contribution >= 4 is 69.6 Å². The number of nitrogens with one attached hydrogen (secondary N) is 3. The predicted molar refractivity (Wildman–Crippen MR) is 239 cm³/mol. The first-order chi connectivity index (χ1) is 29.9. The van der Waals surface area contributed by atoms with Crippen molar-refractivity contribution in [2.75, 3.05) is 23.7 Å². The van der Waals surface area contributed by atoms with Crippen molar-refractivity contribution in [2.24, 2.45) is 17.2 Å². The van der Waals surface area contributed by atoms with E-state index in [4.69, 9.17) is 34.7 Å². The largest absolute Gasteiger partial charge is 0.478 e. The lowest BCUT2D eigenvalue weighted by Crippen LogP contribution is -2.33. The van der Waals surface area contributed by atoms with Crippen LogP contribution in [0.2, 0.25) is 10.0 Å². The standard InChI is InChI=1S/C22H21ClFN5O2.C20H17ClFN3O2.C2H6N2O/c1-12(2)15-10-27-19(14-7-13(23)3-4-17(14)24)8-20(15)29-18-5-6-26-9-16(18)22(31)28-11-21(25)30;1-11(2)14-10-24-18(13-7-12(21)3-4-16(13)22)8-19(14)25-17-5-6-23-9-15(17)20(26)27;3-1-2(4)5/h3-10,12H,11H2,1-2H3,(H2,25,30)(H,28,31)(H,26,27,29);3-11H,1-2H3,(H,26,27)(H,23,24,25);1,3H2,(H2,4,5). The Morgan fingerprint density at radius 1 is 0.651 bits per heavy atom. The van der Waals surface area contributed by atoms with Gasteiger partial charge in [-0.3, -0.25) is 34.3 Å². The van der Waals surface area contributed by atoms with Gasteiger partial charge in [0.1, 0.15) is 17.2 Å². The van der Waals surface area contributed by atoms with Gasteiger partial charge >= 0.3 is 5.97 Å². The number of nitrogens with two attached hydrogens (primary N) is 3. The van der Waals surface area contributed by atoms with Gasteiger partial charge in [0.05, 0.1) is 41.4 Å². The van der Waals surface area contributed by atoms with E-state index in [1.54, 1.807) is 36.7 Å². The molecule has 0 bridgehead atoms. The Morgan fingerprint density at radius 2 is 1.08 bits per heavy atom. The summed E-state index contributed by atoms with van der Waals surface area (Å²) in [5.74, 6) is -3.39. The van der Waals surface area contributed by atoms with Crippen molar-refractivity contribution in [3.63, 3.8) is 0 Å².